The summed E-state index contributed by atoms with van der Waals surface area (Å²) >= 11 is 1.25. The number of piperazine rings is 1. The summed E-state index contributed by atoms with van der Waals surface area (Å²) in [6, 6.07) is 0.279. The van der Waals surface area contributed by atoms with Gasteiger partial charge in [0.15, 0.2) is 4.21 Å². The number of aromatic nitrogens is 1. The number of hydrogen-bond donors (Lipinski definition) is 1. The Labute approximate surface area is 119 Å². The fraction of sp³-hybridized carbons (Fsp3) is 0.750. The van der Waals surface area contributed by atoms with Crippen molar-refractivity contribution in [3.05, 3.63) is 11.2 Å². The number of hydrogen-bond acceptors (Lipinski definition) is 5. The summed E-state index contributed by atoms with van der Waals surface area (Å²) in [6.07, 6.45) is 3.23. The highest BCUT2D eigenvalue weighted by molar-refractivity contribution is 7.91. The second-order valence-electron chi connectivity index (χ2n) is 4.85. The molecule has 1 aliphatic heterocycles. The highest BCUT2D eigenvalue weighted by Gasteiger charge is 2.36. The van der Waals surface area contributed by atoms with Gasteiger partial charge in [0, 0.05) is 25.2 Å². The van der Waals surface area contributed by atoms with Crippen LogP contribution < -0.4 is 5.32 Å². The molecule has 1 saturated heterocycles. The average molecular weight is 303 g/mol. The molecule has 7 heteroatoms. The van der Waals surface area contributed by atoms with Crippen LogP contribution >= 0.6 is 11.3 Å². The van der Waals surface area contributed by atoms with Crippen LogP contribution in [0.5, 0.6) is 0 Å². The summed E-state index contributed by atoms with van der Waals surface area (Å²) in [4.78, 5) is 4.06. The molecule has 0 radical (unpaired) electrons. The lowest BCUT2D eigenvalue weighted by atomic mass is 10.1. The van der Waals surface area contributed by atoms with E-state index < -0.39 is 10.0 Å². The van der Waals surface area contributed by atoms with Crippen molar-refractivity contribution in [3.63, 3.8) is 0 Å². The summed E-state index contributed by atoms with van der Waals surface area (Å²) in [5.74, 6) is 0. The van der Waals surface area contributed by atoms with Crippen LogP contribution in [0.4, 0.5) is 0 Å². The molecule has 2 heterocycles. The van der Waals surface area contributed by atoms with Gasteiger partial charge in [-0.25, -0.2) is 13.4 Å². The van der Waals surface area contributed by atoms with Gasteiger partial charge in [-0.2, -0.15) is 4.31 Å². The van der Waals surface area contributed by atoms with Crippen molar-refractivity contribution in [1.82, 2.24) is 14.6 Å². The lowest BCUT2D eigenvalue weighted by molar-refractivity contribution is 0.216. The van der Waals surface area contributed by atoms with Gasteiger partial charge in [0.1, 0.15) is 0 Å². The molecule has 108 valence electrons. The van der Waals surface area contributed by atoms with Gasteiger partial charge in [0.05, 0.1) is 11.2 Å². The van der Waals surface area contributed by atoms with Crippen LogP contribution in [0.25, 0.3) is 0 Å². The van der Waals surface area contributed by atoms with Crippen LogP contribution in [-0.2, 0) is 10.0 Å². The van der Waals surface area contributed by atoms with E-state index in [2.05, 4.69) is 17.2 Å². The van der Waals surface area contributed by atoms with Crippen LogP contribution in [0, 0.1) is 6.92 Å². The maximum absolute atomic E-state index is 12.7. The lowest BCUT2D eigenvalue weighted by Crippen LogP contribution is -2.57. The Morgan fingerprint density at radius 2 is 2.21 bits per heavy atom. The van der Waals surface area contributed by atoms with E-state index in [4.69, 9.17) is 0 Å². The Kier molecular flexibility index (Phi) is 4.60. The Morgan fingerprint density at radius 3 is 2.74 bits per heavy atom. The van der Waals surface area contributed by atoms with Crippen molar-refractivity contribution in [2.24, 2.45) is 0 Å². The zero-order valence-corrected chi connectivity index (χ0v) is 13.2. The van der Waals surface area contributed by atoms with Crippen molar-refractivity contribution >= 4 is 21.4 Å². The fourth-order valence-electron chi connectivity index (χ4n) is 2.33. The lowest BCUT2D eigenvalue weighted by Gasteiger charge is -2.38. The van der Waals surface area contributed by atoms with Crippen LogP contribution in [0.3, 0.4) is 0 Å². The average Bonchev–Trinajstić information content (AvgIpc) is 2.85. The summed E-state index contributed by atoms with van der Waals surface area (Å²) in [7, 11) is -3.40. The van der Waals surface area contributed by atoms with Gasteiger partial charge in [-0.15, -0.1) is 11.3 Å². The predicted molar refractivity (Wildman–Crippen MR) is 76.9 cm³/mol. The summed E-state index contributed by atoms with van der Waals surface area (Å²) in [5.41, 5.74) is 0. The van der Waals surface area contributed by atoms with E-state index in [0.717, 1.165) is 24.4 Å². The minimum Gasteiger partial charge on any atom is -0.311 e. The SMILES string of the molecule is CCC1CN(S(=O)(=O)c2cnc(C)s2)C(CC)CN1. The Morgan fingerprint density at radius 1 is 1.47 bits per heavy atom. The number of nitrogens with one attached hydrogen (secondary N) is 1. The van der Waals surface area contributed by atoms with Crippen LogP contribution in [-0.4, -0.2) is 42.9 Å². The number of nitrogens with zero attached hydrogens (tertiary/aromatic N) is 2. The van der Waals surface area contributed by atoms with Gasteiger partial charge >= 0.3 is 0 Å². The highest BCUT2D eigenvalue weighted by atomic mass is 32.2. The molecular weight excluding hydrogens is 282 g/mol. The Hall–Kier alpha value is -0.500. The van der Waals surface area contributed by atoms with Gasteiger partial charge in [0.2, 0.25) is 0 Å². The fourth-order valence-corrected chi connectivity index (χ4v) is 5.31. The van der Waals surface area contributed by atoms with Gasteiger partial charge in [-0.05, 0) is 19.8 Å². The van der Waals surface area contributed by atoms with E-state index in [1.165, 1.54) is 17.5 Å². The van der Waals surface area contributed by atoms with Crippen LogP contribution in [0.1, 0.15) is 31.7 Å². The van der Waals surface area contributed by atoms with E-state index >= 15 is 0 Å². The third-order valence-corrected chi connectivity index (χ3v) is 6.84. The Balaban J connectivity index is 2.30. The number of sulfonamides is 1. The van der Waals surface area contributed by atoms with Crippen molar-refractivity contribution in [2.75, 3.05) is 13.1 Å². The second-order valence-corrected chi connectivity index (χ2v) is 8.20. The molecule has 1 aliphatic rings. The summed E-state index contributed by atoms with van der Waals surface area (Å²) in [6.45, 7) is 7.21. The van der Waals surface area contributed by atoms with Crippen molar-refractivity contribution < 1.29 is 8.42 Å². The smallest absolute Gasteiger partial charge is 0.254 e. The van der Waals surface area contributed by atoms with Gasteiger partial charge in [-0.1, -0.05) is 13.8 Å². The second kappa shape index (κ2) is 5.87. The molecule has 19 heavy (non-hydrogen) atoms. The normalized spacial score (nSPS) is 25.6. The first-order chi connectivity index (χ1) is 8.98. The van der Waals surface area contributed by atoms with Crippen molar-refractivity contribution in [2.45, 2.75) is 49.9 Å². The van der Waals surface area contributed by atoms with Gasteiger partial charge in [-0.3, -0.25) is 0 Å². The minimum atomic E-state index is -3.40. The molecule has 1 aromatic heterocycles. The standard InChI is InChI=1S/C12H21N3O2S2/c1-4-10-8-15(11(5-2)6-14-10)19(16,17)12-7-13-9(3)18-12/h7,10-11,14H,4-6,8H2,1-3H3. The monoisotopic (exact) mass is 303 g/mol. The molecule has 1 fully saturated rings. The molecule has 0 spiro atoms. The maximum atomic E-state index is 12.7. The molecule has 0 amide bonds. The summed E-state index contributed by atoms with van der Waals surface area (Å²) in [5, 5.41) is 4.20. The molecule has 2 rings (SSSR count). The molecule has 2 unspecified atom stereocenters. The largest absolute Gasteiger partial charge is 0.311 e. The zero-order valence-electron chi connectivity index (χ0n) is 11.6. The third kappa shape index (κ3) is 2.99. The van der Waals surface area contributed by atoms with E-state index in [-0.39, 0.29) is 12.1 Å². The van der Waals surface area contributed by atoms with E-state index in [1.807, 2.05) is 13.8 Å². The molecule has 0 bridgehead atoms. The quantitative estimate of drug-likeness (QED) is 0.918. The highest BCUT2D eigenvalue weighted by Crippen LogP contribution is 2.26. The first kappa shape index (κ1) is 14.9. The van der Waals surface area contributed by atoms with Crippen molar-refractivity contribution in [3.8, 4) is 0 Å². The summed E-state index contributed by atoms with van der Waals surface area (Å²) < 4.78 is 27.4. The first-order valence-electron chi connectivity index (χ1n) is 6.66. The molecular formula is C12H21N3O2S2. The van der Waals surface area contributed by atoms with Gasteiger partial charge in [0.25, 0.3) is 10.0 Å². The first-order valence-corrected chi connectivity index (χ1v) is 8.92. The third-order valence-electron chi connectivity index (χ3n) is 3.58. The molecule has 0 saturated carbocycles. The number of aryl methyl sites for hydroxylation is 1. The van der Waals surface area contributed by atoms with Crippen LogP contribution in [0.15, 0.2) is 10.4 Å². The van der Waals surface area contributed by atoms with Crippen molar-refractivity contribution in [1.29, 1.82) is 0 Å². The molecule has 1 aromatic rings. The Bertz CT molecular complexity index is 527. The van der Waals surface area contributed by atoms with E-state index in [0.29, 0.717) is 10.8 Å². The zero-order chi connectivity index (χ0) is 14.0. The van der Waals surface area contributed by atoms with Crippen LogP contribution in [0.2, 0.25) is 0 Å². The maximum Gasteiger partial charge on any atom is 0.254 e. The molecule has 2 atom stereocenters. The topological polar surface area (TPSA) is 62.3 Å². The van der Waals surface area contributed by atoms with E-state index in [1.54, 1.807) is 4.31 Å². The number of rotatable bonds is 4. The minimum absolute atomic E-state index is 0.0372. The molecule has 0 aromatic carbocycles. The molecule has 0 aliphatic carbocycles. The van der Waals surface area contributed by atoms with E-state index in [9.17, 15) is 8.42 Å². The molecule has 1 N–H and O–H groups in total. The molecule has 5 nitrogen and oxygen atoms in total. The van der Waals surface area contributed by atoms with Gasteiger partial charge < -0.3 is 5.32 Å². The predicted octanol–water partition coefficient (Wildman–Crippen LogP) is 1.60. The number of thiazole rings is 1.